The van der Waals surface area contributed by atoms with Gasteiger partial charge in [-0.3, -0.25) is 4.79 Å². The van der Waals surface area contributed by atoms with Crippen molar-refractivity contribution in [2.75, 3.05) is 6.61 Å². The van der Waals surface area contributed by atoms with Gasteiger partial charge in [0.2, 0.25) is 0 Å². The van der Waals surface area contributed by atoms with Crippen LogP contribution < -0.4 is 10.2 Å². The molecule has 0 saturated carbocycles. The first-order chi connectivity index (χ1) is 11.4. The Hall–Kier alpha value is -2.69. The maximum Gasteiger partial charge on any atom is 0.277 e. The standard InChI is InChI=1S/C19H21FN2O2/c1-19(2,3)15-8-10-16(11-9-15)24-13-18(23)22-21-12-14-6-4-5-7-17(14)20/h4-12H,13H2,1-3H3,(H,22,23)/b21-12+. The number of nitrogens with zero attached hydrogens (tertiary/aromatic N) is 1. The van der Waals surface area contributed by atoms with Gasteiger partial charge >= 0.3 is 0 Å². The number of hydrogen-bond acceptors (Lipinski definition) is 3. The molecule has 126 valence electrons. The summed E-state index contributed by atoms with van der Waals surface area (Å²) in [5.74, 6) is -0.204. The second-order valence-electron chi connectivity index (χ2n) is 6.38. The Balaban J connectivity index is 1.82. The molecule has 0 aliphatic carbocycles. The Kier molecular flexibility index (Phi) is 5.68. The van der Waals surface area contributed by atoms with E-state index in [1.165, 1.54) is 17.8 Å². The van der Waals surface area contributed by atoms with Crippen molar-refractivity contribution < 1.29 is 13.9 Å². The first-order valence-corrected chi connectivity index (χ1v) is 7.66. The van der Waals surface area contributed by atoms with Crippen molar-refractivity contribution in [3.63, 3.8) is 0 Å². The lowest BCUT2D eigenvalue weighted by atomic mass is 9.87. The molecule has 1 N–H and O–H groups in total. The van der Waals surface area contributed by atoms with Crippen molar-refractivity contribution in [1.82, 2.24) is 5.43 Å². The van der Waals surface area contributed by atoms with Crippen molar-refractivity contribution in [3.8, 4) is 5.75 Å². The second kappa shape index (κ2) is 7.73. The van der Waals surface area contributed by atoms with Gasteiger partial charge < -0.3 is 4.74 Å². The Morgan fingerprint density at radius 2 is 1.83 bits per heavy atom. The molecular weight excluding hydrogens is 307 g/mol. The molecule has 5 heteroatoms. The van der Waals surface area contributed by atoms with Gasteiger partial charge in [0.15, 0.2) is 6.61 Å². The summed E-state index contributed by atoms with van der Waals surface area (Å²) in [7, 11) is 0. The topological polar surface area (TPSA) is 50.7 Å². The molecule has 0 aliphatic rings. The molecule has 4 nitrogen and oxygen atoms in total. The van der Waals surface area contributed by atoms with E-state index >= 15 is 0 Å². The molecule has 2 aromatic rings. The van der Waals surface area contributed by atoms with Crippen LogP contribution in [0, 0.1) is 5.82 Å². The van der Waals surface area contributed by atoms with E-state index in [2.05, 4.69) is 31.3 Å². The van der Waals surface area contributed by atoms with Gasteiger partial charge in [-0.2, -0.15) is 5.10 Å². The predicted molar refractivity (Wildman–Crippen MR) is 92.8 cm³/mol. The molecule has 0 heterocycles. The Labute approximate surface area is 141 Å². The van der Waals surface area contributed by atoms with E-state index in [-0.39, 0.29) is 12.0 Å². The van der Waals surface area contributed by atoms with Gasteiger partial charge in [0, 0.05) is 5.56 Å². The zero-order valence-corrected chi connectivity index (χ0v) is 14.0. The van der Waals surface area contributed by atoms with Gasteiger partial charge in [0.1, 0.15) is 11.6 Å². The third-order valence-corrected chi connectivity index (χ3v) is 3.39. The van der Waals surface area contributed by atoms with Crippen LogP contribution in [0.15, 0.2) is 53.6 Å². The van der Waals surface area contributed by atoms with Gasteiger partial charge in [-0.25, -0.2) is 9.82 Å². The summed E-state index contributed by atoms with van der Waals surface area (Å²) in [6.07, 6.45) is 1.26. The molecule has 0 saturated heterocycles. The molecule has 1 amide bonds. The molecule has 0 atom stereocenters. The van der Waals surface area contributed by atoms with Crippen molar-refractivity contribution in [2.24, 2.45) is 5.10 Å². The lowest BCUT2D eigenvalue weighted by Gasteiger charge is -2.19. The van der Waals surface area contributed by atoms with Crippen LogP contribution in [0.4, 0.5) is 4.39 Å². The van der Waals surface area contributed by atoms with Gasteiger partial charge in [-0.1, -0.05) is 51.1 Å². The number of hydrogen-bond donors (Lipinski definition) is 1. The summed E-state index contributed by atoms with van der Waals surface area (Å²) in [5.41, 5.74) is 3.86. The maximum atomic E-state index is 13.4. The summed E-state index contributed by atoms with van der Waals surface area (Å²) in [5, 5.41) is 3.72. The second-order valence-corrected chi connectivity index (χ2v) is 6.38. The summed E-state index contributed by atoms with van der Waals surface area (Å²) in [4.78, 5) is 11.7. The van der Waals surface area contributed by atoms with Crippen LogP contribution >= 0.6 is 0 Å². The molecule has 2 rings (SSSR count). The lowest BCUT2D eigenvalue weighted by Crippen LogP contribution is -2.24. The highest BCUT2D eigenvalue weighted by Crippen LogP contribution is 2.24. The number of halogens is 1. The molecule has 24 heavy (non-hydrogen) atoms. The summed E-state index contributed by atoms with van der Waals surface area (Å²) < 4.78 is 18.8. The maximum absolute atomic E-state index is 13.4. The molecule has 0 aliphatic heterocycles. The van der Waals surface area contributed by atoms with Crippen molar-refractivity contribution in [2.45, 2.75) is 26.2 Å². The Morgan fingerprint density at radius 3 is 2.46 bits per heavy atom. The van der Waals surface area contributed by atoms with E-state index in [0.717, 1.165) is 0 Å². The highest BCUT2D eigenvalue weighted by atomic mass is 19.1. The van der Waals surface area contributed by atoms with Crippen LogP contribution in [-0.2, 0) is 10.2 Å². The molecule has 0 fully saturated rings. The first kappa shape index (κ1) is 17.7. The lowest BCUT2D eigenvalue weighted by molar-refractivity contribution is -0.123. The fourth-order valence-electron chi connectivity index (χ4n) is 1.99. The van der Waals surface area contributed by atoms with E-state index in [1.807, 2.05) is 24.3 Å². The summed E-state index contributed by atoms with van der Waals surface area (Å²) >= 11 is 0. The monoisotopic (exact) mass is 328 g/mol. The molecule has 0 spiro atoms. The van der Waals surface area contributed by atoms with Crippen LogP contribution in [0.2, 0.25) is 0 Å². The SMILES string of the molecule is CC(C)(C)c1ccc(OCC(=O)N/N=C/c2ccccc2F)cc1. The summed E-state index contributed by atoms with van der Waals surface area (Å²) in [6.45, 7) is 6.22. The van der Waals surface area contributed by atoms with Crippen molar-refractivity contribution in [1.29, 1.82) is 0 Å². The minimum absolute atomic E-state index is 0.0668. The van der Waals surface area contributed by atoms with Crippen LogP contribution in [-0.4, -0.2) is 18.7 Å². The van der Waals surface area contributed by atoms with Crippen molar-refractivity contribution in [3.05, 3.63) is 65.5 Å². The van der Waals surface area contributed by atoms with E-state index in [9.17, 15) is 9.18 Å². The number of carbonyl (C=O) groups is 1. The Morgan fingerprint density at radius 1 is 1.17 bits per heavy atom. The van der Waals surface area contributed by atoms with Crippen molar-refractivity contribution >= 4 is 12.1 Å². The zero-order valence-electron chi connectivity index (χ0n) is 14.0. The van der Waals surface area contributed by atoms with E-state index in [0.29, 0.717) is 11.3 Å². The van der Waals surface area contributed by atoms with E-state index < -0.39 is 11.7 Å². The number of ether oxygens (including phenoxy) is 1. The average Bonchev–Trinajstić information content (AvgIpc) is 2.54. The smallest absolute Gasteiger partial charge is 0.277 e. The number of rotatable bonds is 5. The minimum atomic E-state index is -0.414. The summed E-state index contributed by atoms with van der Waals surface area (Å²) in [6, 6.07) is 13.8. The minimum Gasteiger partial charge on any atom is -0.484 e. The van der Waals surface area contributed by atoms with Crippen LogP contribution in [0.1, 0.15) is 31.9 Å². The predicted octanol–water partition coefficient (Wildman–Crippen LogP) is 3.65. The Bertz CT molecular complexity index is 719. The largest absolute Gasteiger partial charge is 0.484 e. The normalized spacial score (nSPS) is 11.5. The molecule has 0 unspecified atom stereocenters. The van der Waals surface area contributed by atoms with Crippen LogP contribution in [0.25, 0.3) is 0 Å². The third-order valence-electron chi connectivity index (χ3n) is 3.39. The van der Waals surface area contributed by atoms with Crippen LogP contribution in [0.3, 0.4) is 0 Å². The number of hydrazone groups is 1. The number of amides is 1. The molecular formula is C19H21FN2O2. The van der Waals surface area contributed by atoms with Crippen LogP contribution in [0.5, 0.6) is 5.75 Å². The fourth-order valence-corrected chi connectivity index (χ4v) is 1.99. The fraction of sp³-hybridized carbons (Fsp3) is 0.263. The number of carbonyl (C=O) groups excluding carboxylic acids is 1. The molecule has 0 radical (unpaired) electrons. The number of nitrogens with one attached hydrogen (secondary N) is 1. The number of benzene rings is 2. The van der Waals surface area contributed by atoms with E-state index in [4.69, 9.17) is 4.74 Å². The van der Waals surface area contributed by atoms with E-state index in [1.54, 1.807) is 18.2 Å². The van der Waals surface area contributed by atoms with Gasteiger partial charge in [0.05, 0.1) is 6.21 Å². The van der Waals surface area contributed by atoms with Gasteiger partial charge in [-0.05, 0) is 29.2 Å². The average molecular weight is 328 g/mol. The first-order valence-electron chi connectivity index (χ1n) is 7.66. The highest BCUT2D eigenvalue weighted by molar-refractivity contribution is 5.83. The highest BCUT2D eigenvalue weighted by Gasteiger charge is 2.13. The molecule has 0 bridgehead atoms. The molecule has 0 aromatic heterocycles. The quantitative estimate of drug-likeness (QED) is 0.673. The third kappa shape index (κ3) is 5.19. The zero-order chi connectivity index (χ0) is 17.6. The van der Waals surface area contributed by atoms with Gasteiger partial charge in [-0.15, -0.1) is 0 Å². The molecule has 2 aromatic carbocycles. The van der Waals surface area contributed by atoms with Gasteiger partial charge in [0.25, 0.3) is 5.91 Å².